The van der Waals surface area contributed by atoms with E-state index in [1.807, 2.05) is 45.9 Å². The largest absolute Gasteiger partial charge is 0.512 e. The summed E-state index contributed by atoms with van der Waals surface area (Å²) in [5.74, 6) is 0.813. The quantitative estimate of drug-likeness (QED) is 0.207. The fourth-order valence-electron chi connectivity index (χ4n) is 5.87. The molecule has 0 radical (unpaired) electrons. The summed E-state index contributed by atoms with van der Waals surface area (Å²) < 4.78 is 4.49. The van der Waals surface area contributed by atoms with Crippen molar-refractivity contribution in [2.24, 2.45) is 0 Å². The van der Waals surface area contributed by atoms with Gasteiger partial charge >= 0.3 is 0 Å². The zero-order valence-electron chi connectivity index (χ0n) is 24.4. The molecule has 1 aliphatic rings. The van der Waals surface area contributed by atoms with Gasteiger partial charge in [0.2, 0.25) is 0 Å². The average Bonchev–Trinajstić information content (AvgIpc) is 3.50. The van der Waals surface area contributed by atoms with Gasteiger partial charge in [-0.3, -0.25) is 0 Å². The van der Waals surface area contributed by atoms with E-state index < -0.39 is 0 Å². The number of aromatic hydroxyl groups is 2. The van der Waals surface area contributed by atoms with Crippen LogP contribution in [0.2, 0.25) is 0 Å². The lowest BCUT2D eigenvalue weighted by Crippen LogP contribution is -2.06. The van der Waals surface area contributed by atoms with Crippen LogP contribution >= 0.6 is 0 Å². The van der Waals surface area contributed by atoms with Gasteiger partial charge in [0.05, 0.1) is 22.3 Å². The van der Waals surface area contributed by atoms with Gasteiger partial charge in [-0.1, -0.05) is 46.8 Å². The van der Waals surface area contributed by atoms with Crippen molar-refractivity contribution in [3.05, 3.63) is 101 Å². The number of aromatic nitrogens is 2. The Morgan fingerprint density at radius 3 is 1.78 bits per heavy atom. The van der Waals surface area contributed by atoms with Gasteiger partial charge in [-0.15, -0.1) is 0 Å². The maximum atomic E-state index is 10.3. The van der Waals surface area contributed by atoms with E-state index in [1.54, 1.807) is 24.3 Å². The molecular weight excluding hydrogens is 508 g/mol. The van der Waals surface area contributed by atoms with Crippen LogP contribution in [0.5, 0.6) is 11.5 Å². The first-order valence-electron chi connectivity index (χ1n) is 14.6. The first-order chi connectivity index (χ1) is 20.0. The summed E-state index contributed by atoms with van der Waals surface area (Å²) in [6, 6.07) is 25.8. The molecule has 210 valence electrons. The molecule has 0 atom stereocenters. The summed E-state index contributed by atoms with van der Waals surface area (Å²) in [7, 11) is 0. The number of phenolic OH excluding ortho intramolecular Hbond substituents is 2. The fraction of sp³-hybridized carbons (Fsp3) is 0.222. The Hall–Kier alpha value is -4.64. The molecule has 6 aromatic rings. The third kappa shape index (κ3) is 4.71. The standard InChI is InChI=1S/C32H26N2O3.2C2H6/c1-2-19-6-10-29-25(14-19)26-16-22(35)7-11-30(26)33(29)20-4-3-5-21(15-20)34-31-12-8-23(36)17-27(31)28-18-24(37)9-13-32(28)34;2*1-2/h3-6,8-10,12-18,35-37H,2,7,11H2,1H3;2*1-2H3. The highest BCUT2D eigenvalue weighted by molar-refractivity contribution is 6.10. The number of hydrogen-bond donors (Lipinski definition) is 3. The Morgan fingerprint density at radius 1 is 0.610 bits per heavy atom. The average molecular weight is 547 g/mol. The van der Waals surface area contributed by atoms with Gasteiger partial charge in [-0.25, -0.2) is 0 Å². The van der Waals surface area contributed by atoms with E-state index in [-0.39, 0.29) is 11.5 Å². The molecule has 0 saturated carbocycles. The summed E-state index contributed by atoms with van der Waals surface area (Å²) in [5, 5.41) is 33.6. The lowest BCUT2D eigenvalue weighted by Gasteiger charge is -2.16. The molecule has 4 aromatic carbocycles. The second-order valence-electron chi connectivity index (χ2n) is 9.79. The number of aryl methyl sites for hydroxylation is 1. The van der Waals surface area contributed by atoms with Crippen LogP contribution in [0, 0.1) is 0 Å². The number of allylic oxidation sites excluding steroid dienone is 1. The summed E-state index contributed by atoms with van der Waals surface area (Å²) in [6.07, 6.45) is 4.28. The molecule has 0 spiro atoms. The van der Waals surface area contributed by atoms with Gasteiger partial charge in [0.25, 0.3) is 0 Å². The predicted octanol–water partition coefficient (Wildman–Crippen LogP) is 9.60. The van der Waals surface area contributed by atoms with Crippen LogP contribution in [-0.2, 0) is 12.8 Å². The monoisotopic (exact) mass is 546 g/mol. The van der Waals surface area contributed by atoms with E-state index >= 15 is 0 Å². The van der Waals surface area contributed by atoms with E-state index in [1.165, 1.54) is 11.3 Å². The number of benzene rings is 4. The maximum Gasteiger partial charge on any atom is 0.116 e. The zero-order valence-corrected chi connectivity index (χ0v) is 24.4. The zero-order chi connectivity index (χ0) is 29.3. The number of nitrogens with zero attached hydrogens (tertiary/aromatic N) is 2. The van der Waals surface area contributed by atoms with Gasteiger partial charge < -0.3 is 24.5 Å². The van der Waals surface area contributed by atoms with Crippen molar-refractivity contribution in [2.45, 2.75) is 53.9 Å². The number of fused-ring (bicyclic) bond motifs is 6. The molecule has 0 aliphatic heterocycles. The Balaban J connectivity index is 0.000000810. The van der Waals surface area contributed by atoms with Crippen molar-refractivity contribution in [2.75, 3.05) is 0 Å². The molecule has 1 aliphatic carbocycles. The van der Waals surface area contributed by atoms with Crippen LogP contribution < -0.4 is 0 Å². The van der Waals surface area contributed by atoms with Crippen molar-refractivity contribution < 1.29 is 15.3 Å². The molecule has 0 fully saturated rings. The third-order valence-corrected chi connectivity index (χ3v) is 7.59. The third-order valence-electron chi connectivity index (χ3n) is 7.59. The molecule has 2 aromatic heterocycles. The Morgan fingerprint density at radius 2 is 1.17 bits per heavy atom. The minimum atomic E-state index is 0.192. The Bertz CT molecular complexity index is 1850. The van der Waals surface area contributed by atoms with Crippen LogP contribution in [0.15, 0.2) is 84.6 Å². The van der Waals surface area contributed by atoms with E-state index in [0.717, 1.165) is 62.5 Å². The van der Waals surface area contributed by atoms with Gasteiger partial charge in [0.1, 0.15) is 11.5 Å². The fourth-order valence-corrected chi connectivity index (χ4v) is 5.87. The predicted molar refractivity (Wildman–Crippen MR) is 172 cm³/mol. The molecule has 5 heteroatoms. The normalized spacial score (nSPS) is 12.4. The molecule has 2 heterocycles. The van der Waals surface area contributed by atoms with Crippen LogP contribution in [0.25, 0.3) is 50.2 Å². The summed E-state index contributed by atoms with van der Waals surface area (Å²) in [4.78, 5) is 0. The first-order valence-corrected chi connectivity index (χ1v) is 14.6. The molecular formula is C36H38N2O3. The first kappa shape index (κ1) is 27.9. The molecule has 0 saturated heterocycles. The minimum Gasteiger partial charge on any atom is -0.512 e. The van der Waals surface area contributed by atoms with Gasteiger partial charge in [-0.2, -0.15) is 0 Å². The lowest BCUT2D eigenvalue weighted by molar-refractivity contribution is 0.390. The molecule has 41 heavy (non-hydrogen) atoms. The number of phenols is 2. The highest BCUT2D eigenvalue weighted by atomic mass is 16.3. The van der Waals surface area contributed by atoms with Gasteiger partial charge in [0.15, 0.2) is 0 Å². The second-order valence-corrected chi connectivity index (χ2v) is 9.79. The van der Waals surface area contributed by atoms with Crippen LogP contribution in [0.3, 0.4) is 0 Å². The second kappa shape index (κ2) is 11.5. The van der Waals surface area contributed by atoms with Crippen molar-refractivity contribution in [3.8, 4) is 22.9 Å². The molecule has 0 amide bonds. The highest BCUT2D eigenvalue weighted by Crippen LogP contribution is 2.38. The lowest BCUT2D eigenvalue weighted by atomic mass is 9.99. The minimum absolute atomic E-state index is 0.192. The van der Waals surface area contributed by atoms with Crippen molar-refractivity contribution in [1.29, 1.82) is 0 Å². The van der Waals surface area contributed by atoms with E-state index in [9.17, 15) is 15.3 Å². The van der Waals surface area contributed by atoms with Crippen LogP contribution in [0.1, 0.15) is 57.9 Å². The van der Waals surface area contributed by atoms with Crippen molar-refractivity contribution in [3.63, 3.8) is 0 Å². The molecule has 7 rings (SSSR count). The van der Waals surface area contributed by atoms with E-state index in [2.05, 4.69) is 58.5 Å². The Kier molecular flexibility index (Phi) is 7.80. The van der Waals surface area contributed by atoms with Crippen molar-refractivity contribution in [1.82, 2.24) is 9.13 Å². The summed E-state index contributed by atoms with van der Waals surface area (Å²) in [6.45, 7) is 10.2. The summed E-state index contributed by atoms with van der Waals surface area (Å²) in [5.41, 5.74) is 8.65. The topological polar surface area (TPSA) is 70.5 Å². The SMILES string of the molecule is CC.CC.CCc1ccc2c(c1)c1c(n2-c2cccc(-n3c4ccc(O)cc4c4cc(O)ccc43)c2)CCC(O)=C1. The molecule has 5 nitrogen and oxygen atoms in total. The number of aliphatic hydroxyl groups is 1. The van der Waals surface area contributed by atoms with Crippen molar-refractivity contribution >= 4 is 38.8 Å². The number of hydrogen-bond acceptors (Lipinski definition) is 3. The highest BCUT2D eigenvalue weighted by Gasteiger charge is 2.22. The van der Waals surface area contributed by atoms with Crippen LogP contribution in [-0.4, -0.2) is 24.5 Å². The molecule has 0 bridgehead atoms. The number of aliphatic hydroxyl groups excluding tert-OH is 1. The smallest absolute Gasteiger partial charge is 0.116 e. The number of rotatable bonds is 3. The molecule has 3 N–H and O–H groups in total. The van der Waals surface area contributed by atoms with Gasteiger partial charge in [-0.05, 0) is 91.2 Å². The summed E-state index contributed by atoms with van der Waals surface area (Å²) >= 11 is 0. The van der Waals surface area contributed by atoms with Crippen LogP contribution in [0.4, 0.5) is 0 Å². The van der Waals surface area contributed by atoms with E-state index in [0.29, 0.717) is 12.2 Å². The molecule has 0 unspecified atom stereocenters. The van der Waals surface area contributed by atoms with Gasteiger partial charge in [0, 0.05) is 45.2 Å². The Labute approximate surface area is 241 Å². The van der Waals surface area contributed by atoms with E-state index in [4.69, 9.17) is 0 Å². The maximum absolute atomic E-state index is 10.3.